The first-order valence-electron chi connectivity index (χ1n) is 7.21. The van der Waals surface area contributed by atoms with Crippen molar-refractivity contribution in [1.82, 2.24) is 10.3 Å². The number of aromatic nitrogens is 1. The minimum atomic E-state index is -1.04. The zero-order chi connectivity index (χ0) is 16.4. The maximum atomic E-state index is 12.4. The van der Waals surface area contributed by atoms with E-state index in [-0.39, 0.29) is 17.4 Å². The third kappa shape index (κ3) is 3.18. The number of hydrogen-bond acceptors (Lipinski definition) is 6. The highest BCUT2D eigenvalue weighted by Gasteiger charge is 2.34. The van der Waals surface area contributed by atoms with E-state index in [0.29, 0.717) is 11.3 Å². The number of phenolic OH excluding ortho intramolecular Hbond substituents is 1. The molecule has 1 aromatic heterocycles. The van der Waals surface area contributed by atoms with Crippen molar-refractivity contribution < 1.29 is 23.8 Å². The lowest BCUT2D eigenvalue weighted by molar-refractivity contribution is -0.143. The molecule has 7 nitrogen and oxygen atoms in total. The Labute approximate surface area is 132 Å². The van der Waals surface area contributed by atoms with Crippen LogP contribution in [0.2, 0.25) is 0 Å². The van der Waals surface area contributed by atoms with E-state index >= 15 is 0 Å². The monoisotopic (exact) mass is 316 g/mol. The molecule has 0 bridgehead atoms. The molecule has 1 saturated carbocycles. The normalized spacial score (nSPS) is 15.0. The Balaban J connectivity index is 1.84. The first-order chi connectivity index (χ1) is 11.1. The molecule has 2 N–H and O–H groups in total. The SMILES string of the molecule is COC(=O)C(NC(=O)c1ocnc1C1CC1)c1cccc(O)c1. The lowest BCUT2D eigenvalue weighted by Gasteiger charge is -2.16. The predicted molar refractivity (Wildman–Crippen MR) is 78.8 cm³/mol. The van der Waals surface area contributed by atoms with Crippen LogP contribution in [0.4, 0.5) is 0 Å². The van der Waals surface area contributed by atoms with Gasteiger partial charge in [0.05, 0.1) is 12.8 Å². The molecule has 2 aromatic rings. The Kier molecular flexibility index (Phi) is 4.01. The molecule has 1 amide bonds. The molecule has 1 aliphatic rings. The van der Waals surface area contributed by atoms with Gasteiger partial charge in [0.25, 0.3) is 5.91 Å². The Morgan fingerprint density at radius 2 is 2.22 bits per heavy atom. The Morgan fingerprint density at radius 1 is 1.43 bits per heavy atom. The Bertz CT molecular complexity index is 736. The number of benzene rings is 1. The summed E-state index contributed by atoms with van der Waals surface area (Å²) in [5.74, 6) is -0.836. The number of nitrogens with one attached hydrogen (secondary N) is 1. The van der Waals surface area contributed by atoms with Crippen LogP contribution in [0, 0.1) is 0 Å². The van der Waals surface area contributed by atoms with E-state index < -0.39 is 17.9 Å². The maximum absolute atomic E-state index is 12.4. The van der Waals surface area contributed by atoms with E-state index in [9.17, 15) is 14.7 Å². The molecule has 0 aliphatic heterocycles. The Hall–Kier alpha value is -2.83. The third-order valence-electron chi connectivity index (χ3n) is 3.68. The number of phenols is 1. The van der Waals surface area contributed by atoms with Crippen molar-refractivity contribution in [2.24, 2.45) is 0 Å². The summed E-state index contributed by atoms with van der Waals surface area (Å²) in [7, 11) is 1.23. The number of carbonyl (C=O) groups excluding carboxylic acids is 2. The zero-order valence-corrected chi connectivity index (χ0v) is 12.5. The molecule has 1 fully saturated rings. The van der Waals surface area contributed by atoms with E-state index in [1.54, 1.807) is 12.1 Å². The number of aromatic hydroxyl groups is 1. The molecule has 0 saturated heterocycles. The second-order valence-corrected chi connectivity index (χ2v) is 5.37. The van der Waals surface area contributed by atoms with Gasteiger partial charge in [-0.25, -0.2) is 9.78 Å². The van der Waals surface area contributed by atoms with Crippen LogP contribution < -0.4 is 5.32 Å². The van der Waals surface area contributed by atoms with Crippen molar-refractivity contribution >= 4 is 11.9 Å². The topological polar surface area (TPSA) is 102 Å². The van der Waals surface area contributed by atoms with Gasteiger partial charge in [0, 0.05) is 5.92 Å². The second-order valence-electron chi connectivity index (χ2n) is 5.37. The summed E-state index contributed by atoms with van der Waals surface area (Å²) in [5, 5.41) is 12.1. The molecular weight excluding hydrogens is 300 g/mol. The van der Waals surface area contributed by atoms with Crippen molar-refractivity contribution in [2.45, 2.75) is 24.8 Å². The Morgan fingerprint density at radius 3 is 2.87 bits per heavy atom. The molecule has 7 heteroatoms. The molecule has 0 radical (unpaired) electrons. The number of esters is 1. The predicted octanol–water partition coefficient (Wildman–Crippen LogP) is 1.90. The fourth-order valence-electron chi connectivity index (χ4n) is 2.37. The van der Waals surface area contributed by atoms with Gasteiger partial charge in [-0.15, -0.1) is 0 Å². The van der Waals surface area contributed by atoms with Crippen LogP contribution in [0.15, 0.2) is 35.1 Å². The van der Waals surface area contributed by atoms with Crippen LogP contribution in [0.5, 0.6) is 5.75 Å². The standard InChI is InChI=1S/C16H16N2O5/c1-22-16(21)13(10-3-2-4-11(19)7-10)18-15(20)14-12(9-5-6-9)17-8-23-14/h2-4,7-9,13,19H,5-6H2,1H3,(H,18,20). The lowest BCUT2D eigenvalue weighted by atomic mass is 10.1. The van der Waals surface area contributed by atoms with E-state index in [0.717, 1.165) is 12.8 Å². The summed E-state index contributed by atoms with van der Waals surface area (Å²) >= 11 is 0. The van der Waals surface area contributed by atoms with Crippen LogP contribution in [-0.2, 0) is 9.53 Å². The number of ether oxygens (including phenoxy) is 1. The quantitative estimate of drug-likeness (QED) is 0.817. The number of methoxy groups -OCH3 is 1. The van der Waals surface area contributed by atoms with E-state index in [1.807, 2.05) is 0 Å². The number of nitrogens with zero attached hydrogens (tertiary/aromatic N) is 1. The molecular formula is C16H16N2O5. The van der Waals surface area contributed by atoms with Gasteiger partial charge in [0.2, 0.25) is 5.76 Å². The highest BCUT2D eigenvalue weighted by atomic mass is 16.5. The van der Waals surface area contributed by atoms with Crippen LogP contribution in [0.25, 0.3) is 0 Å². The summed E-state index contributed by atoms with van der Waals surface area (Å²) in [6.07, 6.45) is 3.17. The van der Waals surface area contributed by atoms with Gasteiger partial charge >= 0.3 is 5.97 Å². The van der Waals surface area contributed by atoms with Crippen LogP contribution in [-0.4, -0.2) is 29.1 Å². The number of hydrogen-bond donors (Lipinski definition) is 2. The molecule has 1 aliphatic carbocycles. The van der Waals surface area contributed by atoms with Crippen LogP contribution in [0.1, 0.15) is 46.6 Å². The summed E-state index contributed by atoms with van der Waals surface area (Å²) in [4.78, 5) is 28.5. The minimum Gasteiger partial charge on any atom is -0.508 e. The van der Waals surface area contributed by atoms with Gasteiger partial charge in [-0.1, -0.05) is 12.1 Å². The first kappa shape index (κ1) is 15.1. The molecule has 1 heterocycles. The summed E-state index contributed by atoms with van der Waals surface area (Å²) in [5.41, 5.74) is 1.03. The highest BCUT2D eigenvalue weighted by Crippen LogP contribution is 2.40. The molecule has 0 spiro atoms. The van der Waals surface area contributed by atoms with Crippen molar-refractivity contribution in [3.63, 3.8) is 0 Å². The summed E-state index contributed by atoms with van der Waals surface area (Å²) < 4.78 is 9.91. The van der Waals surface area contributed by atoms with Crippen molar-refractivity contribution in [1.29, 1.82) is 0 Å². The zero-order valence-electron chi connectivity index (χ0n) is 12.5. The summed E-state index contributed by atoms with van der Waals surface area (Å²) in [6, 6.07) is 5.02. The van der Waals surface area contributed by atoms with Crippen molar-refractivity contribution in [3.05, 3.63) is 47.7 Å². The van der Waals surface area contributed by atoms with E-state index in [2.05, 4.69) is 10.3 Å². The number of oxazole rings is 1. The largest absolute Gasteiger partial charge is 0.508 e. The third-order valence-corrected chi connectivity index (χ3v) is 3.68. The average Bonchev–Trinajstić information content (AvgIpc) is 3.28. The summed E-state index contributed by atoms with van der Waals surface area (Å²) in [6.45, 7) is 0. The minimum absolute atomic E-state index is 0.0102. The first-order valence-corrected chi connectivity index (χ1v) is 7.21. The van der Waals surface area contributed by atoms with E-state index in [1.165, 1.54) is 25.6 Å². The van der Waals surface area contributed by atoms with Gasteiger partial charge in [0.1, 0.15) is 5.75 Å². The molecule has 23 heavy (non-hydrogen) atoms. The maximum Gasteiger partial charge on any atom is 0.333 e. The number of amides is 1. The van der Waals surface area contributed by atoms with Gasteiger partial charge < -0.3 is 19.6 Å². The molecule has 120 valence electrons. The van der Waals surface area contributed by atoms with E-state index in [4.69, 9.17) is 9.15 Å². The van der Waals surface area contributed by atoms with Crippen molar-refractivity contribution in [2.75, 3.05) is 7.11 Å². The van der Waals surface area contributed by atoms with Gasteiger partial charge in [-0.2, -0.15) is 0 Å². The van der Waals surface area contributed by atoms with Gasteiger partial charge in [0.15, 0.2) is 12.4 Å². The van der Waals surface area contributed by atoms with Crippen molar-refractivity contribution in [3.8, 4) is 5.75 Å². The fraction of sp³-hybridized carbons (Fsp3) is 0.312. The molecule has 1 aromatic carbocycles. The second kappa shape index (κ2) is 6.12. The van der Waals surface area contributed by atoms with Crippen LogP contribution in [0.3, 0.4) is 0 Å². The van der Waals surface area contributed by atoms with Gasteiger partial charge in [-0.05, 0) is 30.5 Å². The smallest absolute Gasteiger partial charge is 0.333 e. The number of rotatable bonds is 5. The lowest BCUT2D eigenvalue weighted by Crippen LogP contribution is -2.34. The highest BCUT2D eigenvalue weighted by molar-refractivity contribution is 5.95. The van der Waals surface area contributed by atoms with Gasteiger partial charge in [-0.3, -0.25) is 4.79 Å². The number of carbonyl (C=O) groups is 2. The molecule has 1 unspecified atom stereocenters. The fourth-order valence-corrected chi connectivity index (χ4v) is 2.37. The molecule has 1 atom stereocenters. The average molecular weight is 316 g/mol. The molecule has 3 rings (SSSR count). The van der Waals surface area contributed by atoms with Crippen LogP contribution >= 0.6 is 0 Å².